The number of amides is 1. The Labute approximate surface area is 188 Å². The molecule has 1 aromatic carbocycles. The molecule has 1 fully saturated rings. The molecule has 1 aliphatic rings. The molecule has 0 radical (unpaired) electrons. The molecule has 1 amide bonds. The molecule has 0 atom stereocenters. The summed E-state index contributed by atoms with van der Waals surface area (Å²) < 4.78 is 55.4. The van der Waals surface area contributed by atoms with E-state index in [2.05, 4.69) is 4.98 Å². The topological polar surface area (TPSA) is 60.2 Å². The van der Waals surface area contributed by atoms with Gasteiger partial charge in [0.1, 0.15) is 11.1 Å². The zero-order chi connectivity index (χ0) is 24.2. The van der Waals surface area contributed by atoms with Gasteiger partial charge in [-0.1, -0.05) is 20.8 Å². The highest BCUT2D eigenvalue weighted by Gasteiger charge is 2.52. The van der Waals surface area contributed by atoms with Gasteiger partial charge in [0.05, 0.1) is 29.2 Å². The summed E-state index contributed by atoms with van der Waals surface area (Å²) in [5.74, 6) is -2.44. The van der Waals surface area contributed by atoms with E-state index in [1.807, 2.05) is 20.8 Å². The maximum atomic E-state index is 15.1. The van der Waals surface area contributed by atoms with Crippen LogP contribution >= 0.6 is 12.2 Å². The molecule has 32 heavy (non-hydrogen) atoms. The molecule has 2 heterocycles. The molecule has 10 heteroatoms. The number of alkyl halides is 3. The number of carbonyl (C=O) groups is 1. The highest BCUT2D eigenvalue weighted by atomic mass is 32.1. The first-order valence-electron chi connectivity index (χ1n) is 9.56. The van der Waals surface area contributed by atoms with E-state index in [1.165, 1.54) is 31.0 Å². The van der Waals surface area contributed by atoms with Gasteiger partial charge in [0, 0.05) is 6.20 Å². The monoisotopic (exact) mass is 464 g/mol. The molecular formula is C22H20F4N4OS. The second-order valence-corrected chi connectivity index (χ2v) is 9.30. The average Bonchev–Trinajstić information content (AvgIpc) is 2.84. The lowest BCUT2D eigenvalue weighted by Gasteiger charge is -2.30. The summed E-state index contributed by atoms with van der Waals surface area (Å²) >= 11 is 5.44. The molecule has 0 N–H and O–H groups in total. The van der Waals surface area contributed by atoms with Gasteiger partial charge < -0.3 is 4.90 Å². The van der Waals surface area contributed by atoms with Crippen molar-refractivity contribution in [2.24, 2.45) is 0 Å². The zero-order valence-corrected chi connectivity index (χ0v) is 18.8. The molecular weight excluding hydrogens is 444 g/mol. The second-order valence-electron chi connectivity index (χ2n) is 8.93. The minimum atomic E-state index is -5.13. The number of pyridine rings is 1. The van der Waals surface area contributed by atoms with Gasteiger partial charge in [-0.15, -0.1) is 0 Å². The zero-order valence-electron chi connectivity index (χ0n) is 18.0. The number of benzene rings is 1. The Balaban J connectivity index is 2.18. The fraction of sp³-hybridized carbons (Fsp3) is 0.364. The van der Waals surface area contributed by atoms with Crippen molar-refractivity contribution in [3.05, 3.63) is 53.1 Å². The number of aromatic nitrogens is 1. The molecule has 5 nitrogen and oxygen atoms in total. The van der Waals surface area contributed by atoms with E-state index >= 15 is 4.39 Å². The Morgan fingerprint density at radius 1 is 1.16 bits per heavy atom. The number of nitriles is 1. The molecule has 1 saturated heterocycles. The third-order valence-electron chi connectivity index (χ3n) is 5.28. The van der Waals surface area contributed by atoms with Gasteiger partial charge in [-0.2, -0.15) is 18.4 Å². The maximum absolute atomic E-state index is 15.1. The van der Waals surface area contributed by atoms with Crippen LogP contribution in [0, 0.1) is 17.1 Å². The van der Waals surface area contributed by atoms with Crippen molar-refractivity contribution in [2.75, 3.05) is 9.80 Å². The van der Waals surface area contributed by atoms with Gasteiger partial charge in [-0.25, -0.2) is 4.39 Å². The molecule has 0 spiro atoms. The van der Waals surface area contributed by atoms with Gasteiger partial charge in [-0.3, -0.25) is 14.7 Å². The van der Waals surface area contributed by atoms with E-state index in [4.69, 9.17) is 17.5 Å². The van der Waals surface area contributed by atoms with E-state index in [0.29, 0.717) is 5.69 Å². The molecule has 2 aromatic rings. The summed E-state index contributed by atoms with van der Waals surface area (Å²) in [6.45, 7) is 9.01. The van der Waals surface area contributed by atoms with Crippen molar-refractivity contribution in [3.63, 3.8) is 0 Å². The van der Waals surface area contributed by atoms with Crippen LogP contribution in [0.1, 0.15) is 51.3 Å². The third kappa shape index (κ3) is 3.71. The lowest BCUT2D eigenvalue weighted by atomic mass is 9.88. The Hall–Kier alpha value is -3.06. The summed E-state index contributed by atoms with van der Waals surface area (Å²) in [6, 6.07) is 4.91. The first kappa shape index (κ1) is 23.6. The van der Waals surface area contributed by atoms with Crippen molar-refractivity contribution in [3.8, 4) is 6.07 Å². The van der Waals surface area contributed by atoms with Crippen LogP contribution in [-0.4, -0.2) is 21.5 Å². The first-order valence-corrected chi connectivity index (χ1v) is 9.97. The second kappa shape index (κ2) is 7.52. The highest BCUT2D eigenvalue weighted by molar-refractivity contribution is 7.81. The van der Waals surface area contributed by atoms with Crippen molar-refractivity contribution in [1.82, 2.24) is 4.98 Å². The van der Waals surface area contributed by atoms with Gasteiger partial charge >= 0.3 is 6.18 Å². The predicted molar refractivity (Wildman–Crippen MR) is 116 cm³/mol. The smallest absolute Gasteiger partial charge is 0.302 e. The first-order chi connectivity index (χ1) is 14.6. The number of rotatable bonds is 2. The van der Waals surface area contributed by atoms with E-state index in [9.17, 15) is 18.0 Å². The summed E-state index contributed by atoms with van der Waals surface area (Å²) in [5, 5.41) is 8.80. The summed E-state index contributed by atoms with van der Waals surface area (Å²) in [6.07, 6.45) is -1.98. The number of carbonyl (C=O) groups excluding carboxylic acids is 1. The lowest BCUT2D eigenvalue weighted by Crippen LogP contribution is -2.44. The molecule has 1 aromatic heterocycles. The molecule has 168 valence electrons. The van der Waals surface area contributed by atoms with Crippen LogP contribution in [0.5, 0.6) is 0 Å². The number of hydrogen-bond acceptors (Lipinski definition) is 4. The van der Waals surface area contributed by atoms with Crippen LogP contribution in [0.25, 0.3) is 0 Å². The van der Waals surface area contributed by atoms with E-state index in [1.54, 1.807) is 12.3 Å². The molecule has 0 unspecified atom stereocenters. The van der Waals surface area contributed by atoms with Crippen molar-refractivity contribution < 1.29 is 22.4 Å². The summed E-state index contributed by atoms with van der Waals surface area (Å²) in [4.78, 5) is 19.6. The maximum Gasteiger partial charge on any atom is 0.420 e. The van der Waals surface area contributed by atoms with Crippen LogP contribution in [0.4, 0.5) is 28.9 Å². The number of anilines is 2. The minimum Gasteiger partial charge on any atom is -0.302 e. The highest BCUT2D eigenvalue weighted by Crippen LogP contribution is 2.42. The molecule has 3 rings (SSSR count). The van der Waals surface area contributed by atoms with E-state index in [-0.39, 0.29) is 10.5 Å². The van der Waals surface area contributed by atoms with Crippen LogP contribution in [-0.2, 0) is 16.4 Å². The molecule has 0 saturated carbocycles. The number of halogens is 4. The Bertz CT molecular complexity index is 1160. The Morgan fingerprint density at radius 2 is 1.78 bits per heavy atom. The summed E-state index contributed by atoms with van der Waals surface area (Å²) in [7, 11) is 0. The predicted octanol–water partition coefficient (Wildman–Crippen LogP) is 5.33. The van der Waals surface area contributed by atoms with Crippen molar-refractivity contribution in [2.45, 2.75) is 51.7 Å². The summed E-state index contributed by atoms with van der Waals surface area (Å²) in [5.41, 5.74) is -3.57. The van der Waals surface area contributed by atoms with Crippen molar-refractivity contribution in [1.29, 1.82) is 5.26 Å². The van der Waals surface area contributed by atoms with Crippen LogP contribution in [0.3, 0.4) is 0 Å². The van der Waals surface area contributed by atoms with Gasteiger partial charge in [-0.05, 0) is 55.2 Å². The van der Waals surface area contributed by atoms with E-state index < -0.39 is 40.3 Å². The van der Waals surface area contributed by atoms with Crippen LogP contribution in [0.2, 0.25) is 0 Å². The molecule has 0 bridgehead atoms. The van der Waals surface area contributed by atoms with Crippen molar-refractivity contribution >= 4 is 34.6 Å². The molecule has 1 aliphatic heterocycles. The van der Waals surface area contributed by atoms with Crippen LogP contribution < -0.4 is 9.80 Å². The standard InChI is InChI=1S/C22H20F4N4OS/c1-20(2,3)13-8-14(11-28-10-13)30-19(32)29(18(31)21(30,4)5)15-7-6-12(9-27)16(17(15)23)22(24,25)26/h6-8,10-11H,1-5H3. The Morgan fingerprint density at radius 3 is 2.31 bits per heavy atom. The quantitative estimate of drug-likeness (QED) is 0.444. The lowest BCUT2D eigenvalue weighted by molar-refractivity contribution is -0.140. The Kier molecular flexibility index (Phi) is 5.54. The largest absolute Gasteiger partial charge is 0.420 e. The fourth-order valence-electron chi connectivity index (χ4n) is 3.51. The average molecular weight is 464 g/mol. The van der Waals surface area contributed by atoms with E-state index in [0.717, 1.165) is 22.6 Å². The number of thiocarbonyl (C=S) groups is 1. The number of nitrogens with zero attached hydrogens (tertiary/aromatic N) is 4. The SMILES string of the molecule is CC(C)(C)c1cncc(N2C(=S)N(c3ccc(C#N)c(C(F)(F)F)c3F)C(=O)C2(C)C)c1. The minimum absolute atomic E-state index is 0.190. The van der Waals surface area contributed by atoms with Crippen LogP contribution in [0.15, 0.2) is 30.6 Å². The normalized spacial score (nSPS) is 16.5. The fourth-order valence-corrected chi connectivity index (χ4v) is 4.02. The van der Waals surface area contributed by atoms with Gasteiger partial charge in [0.2, 0.25) is 0 Å². The molecule has 0 aliphatic carbocycles. The number of hydrogen-bond donors (Lipinski definition) is 0. The van der Waals surface area contributed by atoms with Gasteiger partial charge in [0.25, 0.3) is 5.91 Å². The van der Waals surface area contributed by atoms with Gasteiger partial charge in [0.15, 0.2) is 10.9 Å². The third-order valence-corrected chi connectivity index (χ3v) is 5.65.